The normalized spacial score (nSPS) is 10.4. The smallest absolute Gasteiger partial charge is 0.323 e. The minimum absolute atomic E-state index is 0.00653. The molecule has 2 amide bonds. The van der Waals surface area contributed by atoms with Crippen LogP contribution in [0.1, 0.15) is 19.4 Å². The quantitative estimate of drug-likeness (QED) is 0.848. The van der Waals surface area contributed by atoms with Gasteiger partial charge in [-0.1, -0.05) is 18.2 Å². The minimum Gasteiger partial charge on any atom is -0.323 e. The number of aryl methyl sites for hydroxylation is 1. The molecule has 0 unspecified atom stereocenters. The number of para-hydroxylation sites is 1. The van der Waals surface area contributed by atoms with E-state index in [2.05, 4.69) is 5.10 Å². The number of aromatic nitrogens is 2. The number of carbonyl (C=O) groups is 1. The van der Waals surface area contributed by atoms with Gasteiger partial charge < -0.3 is 4.90 Å². The molecule has 5 heteroatoms. The van der Waals surface area contributed by atoms with E-state index in [9.17, 15) is 4.79 Å². The third-order valence-electron chi connectivity index (χ3n) is 3.37. The van der Waals surface area contributed by atoms with E-state index in [1.807, 2.05) is 68.3 Å². The number of urea groups is 1. The fourth-order valence-corrected chi connectivity index (χ4v) is 2.24. The molecule has 0 radical (unpaired) electrons. The van der Waals surface area contributed by atoms with E-state index in [1.54, 1.807) is 9.80 Å². The molecule has 21 heavy (non-hydrogen) atoms. The van der Waals surface area contributed by atoms with E-state index in [4.69, 9.17) is 0 Å². The molecule has 0 aliphatic rings. The van der Waals surface area contributed by atoms with Crippen LogP contribution in [0.2, 0.25) is 0 Å². The number of rotatable bonds is 5. The summed E-state index contributed by atoms with van der Waals surface area (Å²) in [5.41, 5.74) is 1.96. The van der Waals surface area contributed by atoms with Crippen molar-refractivity contribution < 1.29 is 4.79 Å². The van der Waals surface area contributed by atoms with Gasteiger partial charge in [-0.15, -0.1) is 0 Å². The molecule has 2 aromatic rings. The maximum atomic E-state index is 12.6. The van der Waals surface area contributed by atoms with E-state index < -0.39 is 0 Å². The van der Waals surface area contributed by atoms with Crippen molar-refractivity contribution in [2.45, 2.75) is 26.9 Å². The van der Waals surface area contributed by atoms with E-state index >= 15 is 0 Å². The standard InChI is InChI=1S/C16H22N4O/c1-4-19-13-14(11-17-19)12-18(3)16(21)20(5-2)15-9-7-6-8-10-15/h6-11,13H,4-5,12H2,1-3H3. The van der Waals surface area contributed by atoms with Crippen LogP contribution < -0.4 is 4.90 Å². The summed E-state index contributed by atoms with van der Waals surface area (Å²) in [4.78, 5) is 16.1. The molecule has 0 saturated carbocycles. The fraction of sp³-hybridized carbons (Fsp3) is 0.375. The molecule has 0 atom stereocenters. The fourth-order valence-electron chi connectivity index (χ4n) is 2.24. The van der Waals surface area contributed by atoms with Gasteiger partial charge in [-0.2, -0.15) is 5.10 Å². The van der Waals surface area contributed by atoms with Gasteiger partial charge in [0.15, 0.2) is 0 Å². The van der Waals surface area contributed by atoms with Crippen LogP contribution in [0, 0.1) is 0 Å². The molecule has 5 nitrogen and oxygen atoms in total. The highest BCUT2D eigenvalue weighted by Crippen LogP contribution is 2.15. The van der Waals surface area contributed by atoms with Gasteiger partial charge in [0.25, 0.3) is 0 Å². The van der Waals surface area contributed by atoms with Crippen LogP contribution in [-0.2, 0) is 13.1 Å². The Morgan fingerprint density at radius 3 is 2.52 bits per heavy atom. The SMILES string of the molecule is CCN(C(=O)N(C)Cc1cnn(CC)c1)c1ccccc1. The van der Waals surface area contributed by atoms with Gasteiger partial charge >= 0.3 is 6.03 Å². The van der Waals surface area contributed by atoms with Gasteiger partial charge in [0.05, 0.1) is 12.7 Å². The molecule has 2 rings (SSSR count). The van der Waals surface area contributed by atoms with Crippen LogP contribution in [0.5, 0.6) is 0 Å². The summed E-state index contributed by atoms with van der Waals surface area (Å²) in [6, 6.07) is 9.72. The predicted octanol–water partition coefficient (Wildman–Crippen LogP) is 2.98. The van der Waals surface area contributed by atoms with Crippen molar-refractivity contribution in [1.82, 2.24) is 14.7 Å². The maximum absolute atomic E-state index is 12.6. The van der Waals surface area contributed by atoms with Gasteiger partial charge in [-0.25, -0.2) is 4.79 Å². The molecule has 0 aliphatic heterocycles. The summed E-state index contributed by atoms with van der Waals surface area (Å²) in [6.07, 6.45) is 3.79. The van der Waals surface area contributed by atoms with Crippen LogP contribution in [0.3, 0.4) is 0 Å². The Labute approximate surface area is 125 Å². The number of benzene rings is 1. The first kappa shape index (κ1) is 15.1. The van der Waals surface area contributed by atoms with Gasteiger partial charge in [0, 0.05) is 37.6 Å². The lowest BCUT2D eigenvalue weighted by atomic mass is 10.3. The van der Waals surface area contributed by atoms with Crippen molar-refractivity contribution in [2.75, 3.05) is 18.5 Å². The lowest BCUT2D eigenvalue weighted by Crippen LogP contribution is -2.40. The molecule has 0 N–H and O–H groups in total. The average Bonchev–Trinajstić information content (AvgIpc) is 2.96. The first-order valence-corrected chi connectivity index (χ1v) is 7.24. The zero-order valence-electron chi connectivity index (χ0n) is 12.9. The first-order chi connectivity index (χ1) is 10.2. The van der Waals surface area contributed by atoms with Crippen molar-refractivity contribution >= 4 is 11.7 Å². The molecule has 112 valence electrons. The lowest BCUT2D eigenvalue weighted by Gasteiger charge is -2.27. The predicted molar refractivity (Wildman–Crippen MR) is 84.2 cm³/mol. The van der Waals surface area contributed by atoms with Crippen molar-refractivity contribution in [3.05, 3.63) is 48.3 Å². The zero-order valence-corrected chi connectivity index (χ0v) is 12.9. The summed E-state index contributed by atoms with van der Waals surface area (Å²) in [7, 11) is 1.82. The molecule has 0 aliphatic carbocycles. The highest BCUT2D eigenvalue weighted by molar-refractivity contribution is 5.91. The topological polar surface area (TPSA) is 41.4 Å². The summed E-state index contributed by atoms with van der Waals surface area (Å²) in [5, 5.41) is 4.24. The van der Waals surface area contributed by atoms with Crippen molar-refractivity contribution in [2.24, 2.45) is 0 Å². The van der Waals surface area contributed by atoms with E-state index in [0.29, 0.717) is 13.1 Å². The molecular formula is C16H22N4O. The molecule has 0 bridgehead atoms. The number of carbonyl (C=O) groups excluding carboxylic acids is 1. The van der Waals surface area contributed by atoms with Crippen molar-refractivity contribution in [3.63, 3.8) is 0 Å². The monoisotopic (exact) mass is 286 g/mol. The second-order valence-electron chi connectivity index (χ2n) is 4.92. The van der Waals surface area contributed by atoms with Crippen molar-refractivity contribution in [1.29, 1.82) is 0 Å². The number of amides is 2. The van der Waals surface area contributed by atoms with Gasteiger partial charge in [0.1, 0.15) is 0 Å². The molecular weight excluding hydrogens is 264 g/mol. The third-order valence-corrected chi connectivity index (χ3v) is 3.37. The largest absolute Gasteiger partial charge is 0.324 e. The van der Waals surface area contributed by atoms with Crippen LogP contribution in [-0.4, -0.2) is 34.3 Å². The van der Waals surface area contributed by atoms with E-state index in [-0.39, 0.29) is 6.03 Å². The zero-order chi connectivity index (χ0) is 15.2. The van der Waals surface area contributed by atoms with Crippen LogP contribution in [0.4, 0.5) is 10.5 Å². The van der Waals surface area contributed by atoms with Crippen LogP contribution >= 0.6 is 0 Å². The van der Waals surface area contributed by atoms with E-state index in [1.165, 1.54) is 0 Å². The average molecular weight is 286 g/mol. The Morgan fingerprint density at radius 1 is 1.24 bits per heavy atom. The molecule has 0 saturated heterocycles. The first-order valence-electron chi connectivity index (χ1n) is 7.24. The lowest BCUT2D eigenvalue weighted by molar-refractivity contribution is 0.214. The Bertz CT molecular complexity index is 579. The number of hydrogen-bond acceptors (Lipinski definition) is 2. The summed E-state index contributed by atoms with van der Waals surface area (Å²) in [6.45, 7) is 6.06. The molecule has 0 spiro atoms. The highest BCUT2D eigenvalue weighted by Gasteiger charge is 2.18. The Balaban J connectivity index is 2.06. The Morgan fingerprint density at radius 2 is 1.95 bits per heavy atom. The van der Waals surface area contributed by atoms with Gasteiger partial charge in [0.2, 0.25) is 0 Å². The Kier molecular flexibility index (Phi) is 4.98. The highest BCUT2D eigenvalue weighted by atomic mass is 16.2. The maximum Gasteiger partial charge on any atom is 0.324 e. The molecule has 1 heterocycles. The number of nitrogens with zero attached hydrogens (tertiary/aromatic N) is 4. The summed E-state index contributed by atoms with van der Waals surface area (Å²) in [5.74, 6) is 0. The summed E-state index contributed by atoms with van der Waals surface area (Å²) >= 11 is 0. The third kappa shape index (κ3) is 3.62. The van der Waals surface area contributed by atoms with E-state index in [0.717, 1.165) is 17.8 Å². The van der Waals surface area contributed by atoms with Gasteiger partial charge in [-0.3, -0.25) is 9.58 Å². The summed E-state index contributed by atoms with van der Waals surface area (Å²) < 4.78 is 1.86. The molecule has 1 aromatic carbocycles. The minimum atomic E-state index is -0.00653. The van der Waals surface area contributed by atoms with Crippen LogP contribution in [0.15, 0.2) is 42.7 Å². The number of anilines is 1. The molecule has 0 fully saturated rings. The van der Waals surface area contributed by atoms with Gasteiger partial charge in [-0.05, 0) is 26.0 Å². The van der Waals surface area contributed by atoms with Crippen molar-refractivity contribution in [3.8, 4) is 0 Å². The Hall–Kier alpha value is -2.30. The van der Waals surface area contributed by atoms with Crippen LogP contribution in [0.25, 0.3) is 0 Å². The second kappa shape index (κ2) is 6.92. The second-order valence-corrected chi connectivity index (χ2v) is 4.92. The number of hydrogen-bond donors (Lipinski definition) is 0. The molecule has 1 aromatic heterocycles.